The Balaban J connectivity index is 1.59. The van der Waals surface area contributed by atoms with Crippen LogP contribution in [0.1, 0.15) is 5.82 Å². The quantitative estimate of drug-likeness (QED) is 0.412. The number of nitrogens with zero attached hydrogens (tertiary/aromatic N) is 4. The monoisotopic (exact) mass is 356 g/mol. The summed E-state index contributed by atoms with van der Waals surface area (Å²) in [6.45, 7) is 0. The number of fused-ring (bicyclic) bond motifs is 1. The minimum absolute atomic E-state index is 0.0600. The lowest BCUT2D eigenvalue weighted by Gasteiger charge is -2.07. The molecule has 0 fully saturated rings. The average molecular weight is 356 g/mol. The van der Waals surface area contributed by atoms with Crippen LogP contribution < -0.4 is 5.56 Å². The van der Waals surface area contributed by atoms with Crippen molar-refractivity contribution < 1.29 is 4.52 Å². The molecule has 1 aromatic carbocycles. The lowest BCUT2D eigenvalue weighted by atomic mass is 10.2. The van der Waals surface area contributed by atoms with Gasteiger partial charge in [0, 0.05) is 12.4 Å². The van der Waals surface area contributed by atoms with Crippen molar-refractivity contribution in [2.45, 2.75) is 10.9 Å². The first kappa shape index (κ1) is 15.1. The maximum atomic E-state index is 12.4. The molecule has 4 aromatic rings. The van der Waals surface area contributed by atoms with E-state index in [4.69, 9.17) is 4.52 Å². The van der Waals surface area contributed by atoms with E-state index in [-0.39, 0.29) is 5.56 Å². The molecule has 0 aliphatic rings. The third kappa shape index (κ3) is 2.74. The highest BCUT2D eigenvalue weighted by molar-refractivity contribution is 7.98. The summed E-state index contributed by atoms with van der Waals surface area (Å²) in [6, 6.07) is 9.26. The van der Waals surface area contributed by atoms with Crippen molar-refractivity contribution in [2.24, 2.45) is 7.05 Å². The SMILES string of the molecule is Cn1c(SCc2noc(-c3ccsc3)n2)nc2ccccc2c1=O. The second-order valence-corrected chi connectivity index (χ2v) is 6.81. The summed E-state index contributed by atoms with van der Waals surface area (Å²) in [5.74, 6) is 1.56. The van der Waals surface area contributed by atoms with Crippen LogP contribution in [-0.2, 0) is 12.8 Å². The van der Waals surface area contributed by atoms with Crippen LogP contribution in [-0.4, -0.2) is 19.7 Å². The van der Waals surface area contributed by atoms with Gasteiger partial charge in [-0.3, -0.25) is 9.36 Å². The topological polar surface area (TPSA) is 73.8 Å². The number of thioether (sulfide) groups is 1. The van der Waals surface area contributed by atoms with Crippen LogP contribution in [0.5, 0.6) is 0 Å². The first-order chi connectivity index (χ1) is 11.7. The molecule has 4 rings (SSSR count). The van der Waals surface area contributed by atoms with Gasteiger partial charge in [0.05, 0.1) is 22.2 Å². The van der Waals surface area contributed by atoms with Gasteiger partial charge in [0.2, 0.25) is 0 Å². The van der Waals surface area contributed by atoms with E-state index in [9.17, 15) is 4.79 Å². The highest BCUT2D eigenvalue weighted by Crippen LogP contribution is 2.23. The van der Waals surface area contributed by atoms with Crippen LogP contribution >= 0.6 is 23.1 Å². The molecule has 0 saturated carbocycles. The molecule has 120 valence electrons. The summed E-state index contributed by atoms with van der Waals surface area (Å²) in [6.07, 6.45) is 0. The molecule has 6 nitrogen and oxygen atoms in total. The zero-order valence-corrected chi connectivity index (χ0v) is 14.3. The van der Waals surface area contributed by atoms with E-state index >= 15 is 0 Å². The first-order valence-corrected chi connectivity index (χ1v) is 9.09. The molecule has 3 aromatic heterocycles. The summed E-state index contributed by atoms with van der Waals surface area (Å²) >= 11 is 2.99. The minimum Gasteiger partial charge on any atom is -0.334 e. The molecule has 0 radical (unpaired) electrons. The molecule has 0 amide bonds. The van der Waals surface area contributed by atoms with Gasteiger partial charge in [0.15, 0.2) is 11.0 Å². The summed E-state index contributed by atoms with van der Waals surface area (Å²) in [5, 5.41) is 9.14. The zero-order chi connectivity index (χ0) is 16.5. The second-order valence-electron chi connectivity index (χ2n) is 5.09. The smallest absolute Gasteiger partial charge is 0.261 e. The standard InChI is InChI=1S/C16H12N4O2S2/c1-20-15(21)11-4-2-3-5-12(11)17-16(20)24-9-13-18-14(22-19-13)10-6-7-23-8-10/h2-8H,9H2,1H3. The Hall–Kier alpha value is -2.45. The molecule has 0 bridgehead atoms. The molecule has 3 heterocycles. The van der Waals surface area contributed by atoms with Crippen molar-refractivity contribution in [1.29, 1.82) is 0 Å². The number of aromatic nitrogens is 4. The first-order valence-electron chi connectivity index (χ1n) is 7.16. The van der Waals surface area contributed by atoms with Crippen LogP contribution in [0, 0.1) is 0 Å². The van der Waals surface area contributed by atoms with Crippen molar-refractivity contribution in [3.8, 4) is 11.5 Å². The fourth-order valence-electron chi connectivity index (χ4n) is 2.27. The maximum absolute atomic E-state index is 12.4. The van der Waals surface area contributed by atoms with Crippen molar-refractivity contribution in [2.75, 3.05) is 0 Å². The van der Waals surface area contributed by atoms with Crippen molar-refractivity contribution in [3.05, 3.63) is 57.3 Å². The van der Waals surface area contributed by atoms with Gasteiger partial charge in [0.1, 0.15) is 0 Å². The summed E-state index contributed by atoms with van der Waals surface area (Å²) < 4.78 is 6.81. The Morgan fingerprint density at radius 1 is 1.25 bits per heavy atom. The average Bonchev–Trinajstić information content (AvgIpc) is 3.28. The van der Waals surface area contributed by atoms with E-state index in [1.54, 1.807) is 29.0 Å². The Kier molecular flexibility index (Phi) is 3.91. The third-order valence-electron chi connectivity index (χ3n) is 3.51. The normalized spacial score (nSPS) is 11.2. The third-order valence-corrected chi connectivity index (χ3v) is 5.22. The van der Waals surface area contributed by atoms with E-state index in [0.717, 1.165) is 5.56 Å². The molecule has 0 N–H and O–H groups in total. The van der Waals surface area contributed by atoms with Gasteiger partial charge in [-0.1, -0.05) is 29.1 Å². The molecule has 0 unspecified atom stereocenters. The summed E-state index contributed by atoms with van der Waals surface area (Å²) in [7, 11) is 1.72. The van der Waals surface area contributed by atoms with Crippen molar-refractivity contribution in [3.63, 3.8) is 0 Å². The fourth-order valence-corrected chi connectivity index (χ4v) is 3.72. The maximum Gasteiger partial charge on any atom is 0.261 e. The lowest BCUT2D eigenvalue weighted by Crippen LogP contribution is -2.19. The Bertz CT molecular complexity index is 1050. The fraction of sp³-hybridized carbons (Fsp3) is 0.125. The lowest BCUT2D eigenvalue weighted by molar-refractivity contribution is 0.425. The van der Waals surface area contributed by atoms with E-state index in [2.05, 4.69) is 15.1 Å². The molecule has 24 heavy (non-hydrogen) atoms. The largest absolute Gasteiger partial charge is 0.334 e. The molecule has 0 aliphatic carbocycles. The molecule has 0 aliphatic heterocycles. The number of benzene rings is 1. The predicted molar refractivity (Wildman–Crippen MR) is 94.2 cm³/mol. The number of para-hydroxylation sites is 1. The van der Waals surface area contributed by atoms with Gasteiger partial charge >= 0.3 is 0 Å². The number of hydrogen-bond acceptors (Lipinski definition) is 7. The van der Waals surface area contributed by atoms with E-state index in [1.165, 1.54) is 11.8 Å². The van der Waals surface area contributed by atoms with Gasteiger partial charge in [-0.15, -0.1) is 0 Å². The van der Waals surface area contributed by atoms with Gasteiger partial charge in [-0.2, -0.15) is 16.3 Å². The van der Waals surface area contributed by atoms with Crippen LogP contribution in [0.3, 0.4) is 0 Å². The Morgan fingerprint density at radius 3 is 2.96 bits per heavy atom. The highest BCUT2D eigenvalue weighted by Gasteiger charge is 2.12. The second kappa shape index (κ2) is 6.21. The van der Waals surface area contributed by atoms with Gasteiger partial charge in [0.25, 0.3) is 11.4 Å². The molecule has 0 spiro atoms. The highest BCUT2D eigenvalue weighted by atomic mass is 32.2. The Morgan fingerprint density at radius 2 is 2.12 bits per heavy atom. The van der Waals surface area contributed by atoms with Gasteiger partial charge in [-0.05, 0) is 23.6 Å². The summed E-state index contributed by atoms with van der Waals surface area (Å²) in [5.41, 5.74) is 1.55. The number of hydrogen-bond donors (Lipinski definition) is 0. The zero-order valence-electron chi connectivity index (χ0n) is 12.7. The molecule has 0 saturated heterocycles. The number of rotatable bonds is 4. The van der Waals surface area contributed by atoms with Gasteiger partial charge < -0.3 is 4.52 Å². The Labute approximate surface area is 145 Å². The van der Waals surface area contributed by atoms with Crippen LogP contribution in [0.15, 0.2) is 55.6 Å². The predicted octanol–water partition coefficient (Wildman–Crippen LogP) is 3.34. The van der Waals surface area contributed by atoms with Crippen molar-refractivity contribution in [1.82, 2.24) is 19.7 Å². The van der Waals surface area contributed by atoms with Crippen LogP contribution in [0.4, 0.5) is 0 Å². The van der Waals surface area contributed by atoms with E-state index < -0.39 is 0 Å². The van der Waals surface area contributed by atoms with E-state index in [1.807, 2.05) is 35.0 Å². The molecule has 8 heteroatoms. The molecule has 0 atom stereocenters. The summed E-state index contributed by atoms with van der Waals surface area (Å²) in [4.78, 5) is 21.3. The number of thiophene rings is 1. The van der Waals surface area contributed by atoms with Crippen LogP contribution in [0.25, 0.3) is 22.4 Å². The minimum atomic E-state index is -0.0600. The molecular formula is C16H12N4O2S2. The van der Waals surface area contributed by atoms with Crippen LogP contribution in [0.2, 0.25) is 0 Å². The van der Waals surface area contributed by atoms with Crippen molar-refractivity contribution >= 4 is 34.0 Å². The molecular weight excluding hydrogens is 344 g/mol. The van der Waals surface area contributed by atoms with E-state index in [0.29, 0.717) is 33.5 Å². The van der Waals surface area contributed by atoms with Gasteiger partial charge in [-0.25, -0.2) is 4.98 Å².